The molecule has 2 rings (SSSR count). The van der Waals surface area contributed by atoms with Crippen LogP contribution in [0.3, 0.4) is 0 Å². The van der Waals surface area contributed by atoms with Crippen molar-refractivity contribution in [2.45, 2.75) is 190 Å². The summed E-state index contributed by atoms with van der Waals surface area (Å²) in [6.45, 7) is 4.14. The van der Waals surface area contributed by atoms with Gasteiger partial charge in [-0.3, -0.25) is 0 Å². The first kappa shape index (κ1) is 48.8. The molecule has 13 nitrogen and oxygen atoms in total. The highest BCUT2D eigenvalue weighted by Gasteiger charge is 2.44. The van der Waals surface area contributed by atoms with Gasteiger partial charge in [-0.25, -0.2) is 4.79 Å². The van der Waals surface area contributed by atoms with Crippen molar-refractivity contribution in [2.24, 2.45) is 0 Å². The Morgan fingerprint density at radius 2 is 0.808 bits per heavy atom. The number of aliphatic hydroxyl groups is 8. The van der Waals surface area contributed by atoms with Crippen molar-refractivity contribution in [3.63, 3.8) is 0 Å². The number of hydrogen-bond donors (Lipinski definition) is 9. The van der Waals surface area contributed by atoms with Gasteiger partial charge in [0.1, 0.15) is 48.8 Å². The van der Waals surface area contributed by atoms with E-state index in [0.29, 0.717) is 12.8 Å². The molecule has 10 atom stereocenters. The third kappa shape index (κ3) is 18.9. The van der Waals surface area contributed by atoms with Gasteiger partial charge in [-0.05, 0) is 64.6 Å². The second kappa shape index (κ2) is 27.4. The monoisotopic (exact) mass is 763 g/mol. The van der Waals surface area contributed by atoms with Gasteiger partial charge in [0, 0.05) is 0 Å². The molecule has 0 unspecified atom stereocenters. The fourth-order valence-corrected chi connectivity index (χ4v) is 6.71. The molecule has 0 aromatic heterocycles. The van der Waals surface area contributed by atoms with Crippen LogP contribution in [0.15, 0.2) is 0 Å². The van der Waals surface area contributed by atoms with E-state index in [1.54, 1.807) is 0 Å². The lowest BCUT2D eigenvalue weighted by molar-refractivity contribution is -0.230. The number of unbranched alkanes of at least 4 members (excludes halogenated alkanes) is 13. The molecule has 0 aromatic rings. The predicted molar refractivity (Wildman–Crippen MR) is 186 cm³/mol. The van der Waals surface area contributed by atoms with Gasteiger partial charge < -0.3 is 60.3 Å². The van der Waals surface area contributed by atoms with Crippen LogP contribution in [0.4, 0.5) is 13.2 Å². The predicted octanol–water partition coefficient (Wildman–Crippen LogP) is 2.65. The van der Waals surface area contributed by atoms with E-state index >= 15 is 0 Å². The van der Waals surface area contributed by atoms with Gasteiger partial charge >= 0.3 is 12.1 Å². The zero-order valence-corrected chi connectivity index (χ0v) is 30.9. The van der Waals surface area contributed by atoms with E-state index in [9.17, 15) is 54.0 Å². The van der Waals surface area contributed by atoms with E-state index in [1.165, 1.54) is 70.6 Å². The Bertz CT molecular complexity index is 859. The van der Waals surface area contributed by atoms with E-state index in [4.69, 9.17) is 19.4 Å². The molecule has 310 valence electrons. The number of rotatable bonds is 25. The van der Waals surface area contributed by atoms with Crippen molar-refractivity contribution in [2.75, 3.05) is 32.8 Å². The minimum Gasteiger partial charge on any atom is -0.475 e. The number of halogens is 3. The summed E-state index contributed by atoms with van der Waals surface area (Å²) in [6, 6.07) is 0. The summed E-state index contributed by atoms with van der Waals surface area (Å²) in [5.41, 5.74) is 0. The van der Waals surface area contributed by atoms with Crippen LogP contribution in [0.2, 0.25) is 0 Å². The van der Waals surface area contributed by atoms with Crippen LogP contribution in [0, 0.1) is 0 Å². The number of alkyl halides is 3. The summed E-state index contributed by atoms with van der Waals surface area (Å²) >= 11 is 0. The fourth-order valence-electron chi connectivity index (χ4n) is 6.71. The minimum atomic E-state index is -5.08. The summed E-state index contributed by atoms with van der Waals surface area (Å²) < 4.78 is 43.0. The molecule has 16 heteroatoms. The molecule has 0 aromatic carbocycles. The van der Waals surface area contributed by atoms with Gasteiger partial charge in [0.2, 0.25) is 0 Å². The number of hydrogen-bond acceptors (Lipinski definition) is 12. The number of aliphatic hydroxyl groups excluding tert-OH is 8. The number of ether oxygens (including phenoxy) is 2. The molecular weight excluding hydrogens is 695 g/mol. The van der Waals surface area contributed by atoms with Crippen LogP contribution < -0.4 is 0 Å². The topological polar surface area (TPSA) is 221 Å². The van der Waals surface area contributed by atoms with E-state index in [2.05, 4.69) is 11.8 Å². The van der Waals surface area contributed by atoms with Crippen LogP contribution in [0.1, 0.15) is 122 Å². The van der Waals surface area contributed by atoms with E-state index in [1.807, 2.05) is 0 Å². The molecule has 52 heavy (non-hydrogen) atoms. The summed E-state index contributed by atoms with van der Waals surface area (Å²) in [5, 5.41) is 86.9. The highest BCUT2D eigenvalue weighted by molar-refractivity contribution is 5.73. The van der Waals surface area contributed by atoms with Gasteiger partial charge in [-0.15, -0.1) is 0 Å². The normalized spacial score (nSPS) is 29.6. The Morgan fingerprint density at radius 1 is 0.519 bits per heavy atom. The van der Waals surface area contributed by atoms with Gasteiger partial charge in [0.25, 0.3) is 0 Å². The highest BCUT2D eigenvalue weighted by atomic mass is 19.4. The van der Waals surface area contributed by atoms with E-state index in [-0.39, 0.29) is 0 Å². The highest BCUT2D eigenvalue weighted by Crippen LogP contribution is 2.26. The largest absolute Gasteiger partial charge is 0.490 e. The minimum absolute atomic E-state index is 0.419. The van der Waals surface area contributed by atoms with Gasteiger partial charge in [-0.1, -0.05) is 77.6 Å². The van der Waals surface area contributed by atoms with E-state index < -0.39 is 86.4 Å². The molecule has 0 aliphatic carbocycles. The lowest BCUT2D eigenvalue weighted by Crippen LogP contribution is -2.58. The van der Waals surface area contributed by atoms with Gasteiger partial charge in [0.05, 0.1) is 25.4 Å². The summed E-state index contributed by atoms with van der Waals surface area (Å²) in [5.74, 6) is -2.76. The van der Waals surface area contributed by atoms with Crippen molar-refractivity contribution >= 4 is 5.97 Å². The Kier molecular flexibility index (Phi) is 25.7. The second-order valence-electron chi connectivity index (χ2n) is 14.3. The average Bonchev–Trinajstić information content (AvgIpc) is 3.11. The molecule has 9 N–H and O–H groups in total. The molecule has 0 radical (unpaired) electrons. The SMILES string of the molecule is CCCCCCCCCCCCCCN(CCCC[C@@H]1O[C@H](CO)[C@@H](O)[C@H](O)[C@H]1O)CCCC[C@@H]1O[C@H](CO)[C@@H](O)[C@H](O)[C@H]1O.O=C(O)C(F)(F)F. The molecule has 0 bridgehead atoms. The molecule has 2 heterocycles. The lowest BCUT2D eigenvalue weighted by atomic mass is 9.92. The number of carbonyl (C=O) groups is 1. The standard InChI is InChI=1S/C34H67NO10.C2HF3O2/c1-2-3-4-5-6-7-8-9-10-11-12-15-20-35(21-16-13-18-25-29(38)33(42)31(40)27(23-36)44-25)22-17-14-19-26-30(39)34(43)32(41)28(24-37)45-26;3-2(4,5)1(6)7/h25-34,36-43H,2-24H2,1H3;(H,6,7)/t25-,26-,27+,28+,29-,30-,31+,32+,33+,34+;/m0./s1. The van der Waals surface area contributed by atoms with Crippen molar-refractivity contribution < 1.29 is 73.4 Å². The second-order valence-corrected chi connectivity index (χ2v) is 14.3. The Morgan fingerprint density at radius 3 is 1.12 bits per heavy atom. The molecule has 0 amide bonds. The Hall–Kier alpha value is -1.18. The molecule has 2 aliphatic rings. The van der Waals surface area contributed by atoms with Crippen molar-refractivity contribution in [3.8, 4) is 0 Å². The summed E-state index contributed by atoms with van der Waals surface area (Å²) in [4.78, 5) is 11.3. The van der Waals surface area contributed by atoms with Crippen molar-refractivity contribution in [3.05, 3.63) is 0 Å². The van der Waals surface area contributed by atoms with Crippen molar-refractivity contribution in [1.29, 1.82) is 0 Å². The third-order valence-corrected chi connectivity index (χ3v) is 9.98. The number of aliphatic carboxylic acids is 1. The van der Waals surface area contributed by atoms with Crippen LogP contribution in [-0.2, 0) is 14.3 Å². The Balaban J connectivity index is 0.00000174. The number of carboxylic acids is 1. The maximum atomic E-state index is 10.6. The van der Waals surface area contributed by atoms with Gasteiger partial charge in [-0.2, -0.15) is 13.2 Å². The molecule has 2 saturated heterocycles. The molecule has 0 spiro atoms. The molecule has 0 saturated carbocycles. The quantitative estimate of drug-likeness (QED) is 0.0612. The van der Waals surface area contributed by atoms with Crippen LogP contribution in [0.25, 0.3) is 0 Å². The van der Waals surface area contributed by atoms with Crippen LogP contribution in [0.5, 0.6) is 0 Å². The van der Waals surface area contributed by atoms with Crippen LogP contribution in [-0.4, -0.2) is 157 Å². The summed E-state index contributed by atoms with van der Waals surface area (Å²) in [7, 11) is 0. The third-order valence-electron chi connectivity index (χ3n) is 9.98. The average molecular weight is 764 g/mol. The van der Waals surface area contributed by atoms with E-state index in [0.717, 1.165) is 51.7 Å². The zero-order chi connectivity index (χ0) is 39.1. The maximum Gasteiger partial charge on any atom is 0.490 e. The summed E-state index contributed by atoms with van der Waals surface area (Å²) in [6.07, 6.45) is 4.07. The Labute approximate surface area is 306 Å². The molecular formula is C36H68F3NO12. The smallest absolute Gasteiger partial charge is 0.475 e. The lowest BCUT2D eigenvalue weighted by Gasteiger charge is -2.40. The first-order valence-electron chi connectivity index (χ1n) is 19.3. The number of carboxylic acid groups (broad SMARTS) is 1. The fraction of sp³-hybridized carbons (Fsp3) is 0.972. The zero-order valence-electron chi connectivity index (χ0n) is 30.9. The molecule has 2 aliphatic heterocycles. The number of nitrogens with zero attached hydrogens (tertiary/aromatic N) is 1. The van der Waals surface area contributed by atoms with Crippen molar-refractivity contribution in [1.82, 2.24) is 4.90 Å². The maximum absolute atomic E-state index is 10.6. The van der Waals surface area contributed by atoms with Gasteiger partial charge in [0.15, 0.2) is 0 Å². The first-order chi connectivity index (χ1) is 24.7. The molecule has 2 fully saturated rings. The first-order valence-corrected chi connectivity index (χ1v) is 19.3. The van der Waals surface area contributed by atoms with Crippen LogP contribution >= 0.6 is 0 Å².